The number of benzene rings is 2. The molecule has 21 heavy (non-hydrogen) atoms. The standard InChI is InChI=1S/C18H22FNO/c1-4-20-14(3)17-11-16(19)8-9-18(17)21-12-15-7-5-6-13(2)10-15/h5-11,14,20H,4,12H2,1-3H3. The summed E-state index contributed by atoms with van der Waals surface area (Å²) < 4.78 is 19.4. The van der Waals surface area contributed by atoms with Crippen molar-refractivity contribution >= 4 is 0 Å². The molecule has 0 fully saturated rings. The summed E-state index contributed by atoms with van der Waals surface area (Å²) in [6, 6.07) is 12.9. The van der Waals surface area contributed by atoms with Gasteiger partial charge in [0.1, 0.15) is 18.2 Å². The van der Waals surface area contributed by atoms with E-state index in [1.54, 1.807) is 12.1 Å². The van der Waals surface area contributed by atoms with Crippen molar-refractivity contribution in [3.63, 3.8) is 0 Å². The minimum atomic E-state index is -0.238. The van der Waals surface area contributed by atoms with E-state index < -0.39 is 0 Å². The van der Waals surface area contributed by atoms with Gasteiger partial charge in [-0.05, 0) is 44.2 Å². The van der Waals surface area contributed by atoms with Gasteiger partial charge in [-0.1, -0.05) is 36.8 Å². The molecule has 0 amide bonds. The Morgan fingerprint density at radius 2 is 2.00 bits per heavy atom. The van der Waals surface area contributed by atoms with Crippen LogP contribution in [0.15, 0.2) is 42.5 Å². The van der Waals surface area contributed by atoms with Crippen molar-refractivity contribution in [3.05, 3.63) is 65.0 Å². The van der Waals surface area contributed by atoms with Crippen LogP contribution < -0.4 is 10.1 Å². The van der Waals surface area contributed by atoms with Gasteiger partial charge in [0, 0.05) is 11.6 Å². The van der Waals surface area contributed by atoms with E-state index in [9.17, 15) is 4.39 Å². The summed E-state index contributed by atoms with van der Waals surface area (Å²) in [4.78, 5) is 0. The van der Waals surface area contributed by atoms with Gasteiger partial charge < -0.3 is 10.1 Å². The van der Waals surface area contributed by atoms with Gasteiger partial charge in [-0.2, -0.15) is 0 Å². The smallest absolute Gasteiger partial charge is 0.124 e. The summed E-state index contributed by atoms with van der Waals surface area (Å²) in [5, 5.41) is 3.29. The molecule has 0 aliphatic heterocycles. The van der Waals surface area contributed by atoms with Crippen LogP contribution in [0.5, 0.6) is 5.75 Å². The Kier molecular flexibility index (Phi) is 5.34. The fraction of sp³-hybridized carbons (Fsp3) is 0.333. The van der Waals surface area contributed by atoms with E-state index in [2.05, 4.69) is 24.4 Å². The Bertz CT molecular complexity index is 598. The predicted molar refractivity (Wildman–Crippen MR) is 84.0 cm³/mol. The van der Waals surface area contributed by atoms with Crippen LogP contribution in [0.4, 0.5) is 4.39 Å². The molecule has 0 bridgehead atoms. The Morgan fingerprint density at radius 3 is 2.71 bits per heavy atom. The predicted octanol–water partition coefficient (Wildman–Crippen LogP) is 4.38. The molecule has 2 nitrogen and oxygen atoms in total. The number of nitrogens with one attached hydrogen (secondary N) is 1. The Balaban J connectivity index is 2.15. The summed E-state index contributed by atoms with van der Waals surface area (Å²) in [7, 11) is 0. The second kappa shape index (κ2) is 7.23. The molecule has 2 aromatic rings. The lowest BCUT2D eigenvalue weighted by molar-refractivity contribution is 0.299. The monoisotopic (exact) mass is 287 g/mol. The zero-order valence-electron chi connectivity index (χ0n) is 12.8. The number of hydrogen-bond acceptors (Lipinski definition) is 2. The maximum absolute atomic E-state index is 13.5. The first-order valence-corrected chi connectivity index (χ1v) is 7.31. The van der Waals surface area contributed by atoms with Crippen LogP contribution in [0, 0.1) is 12.7 Å². The third kappa shape index (κ3) is 4.30. The summed E-state index contributed by atoms with van der Waals surface area (Å²) in [5.41, 5.74) is 3.17. The molecule has 1 atom stereocenters. The summed E-state index contributed by atoms with van der Waals surface area (Å²) >= 11 is 0. The largest absolute Gasteiger partial charge is 0.489 e. The van der Waals surface area contributed by atoms with Crippen LogP contribution in [0.3, 0.4) is 0 Å². The topological polar surface area (TPSA) is 21.3 Å². The van der Waals surface area contributed by atoms with Gasteiger partial charge in [0.25, 0.3) is 0 Å². The van der Waals surface area contributed by atoms with Gasteiger partial charge in [0.2, 0.25) is 0 Å². The molecule has 3 heteroatoms. The van der Waals surface area contributed by atoms with Gasteiger partial charge in [-0.25, -0.2) is 4.39 Å². The average molecular weight is 287 g/mol. The lowest BCUT2D eigenvalue weighted by atomic mass is 10.1. The lowest BCUT2D eigenvalue weighted by Gasteiger charge is -2.18. The van der Waals surface area contributed by atoms with Crippen molar-refractivity contribution in [2.75, 3.05) is 6.54 Å². The first-order valence-electron chi connectivity index (χ1n) is 7.31. The molecular weight excluding hydrogens is 265 g/mol. The zero-order chi connectivity index (χ0) is 15.2. The van der Waals surface area contributed by atoms with Crippen molar-refractivity contribution in [1.29, 1.82) is 0 Å². The first-order chi connectivity index (χ1) is 10.1. The normalized spacial score (nSPS) is 12.2. The van der Waals surface area contributed by atoms with Crippen molar-refractivity contribution < 1.29 is 9.13 Å². The molecule has 0 aromatic heterocycles. The van der Waals surface area contributed by atoms with E-state index in [1.165, 1.54) is 11.6 Å². The molecule has 1 N–H and O–H groups in total. The third-order valence-corrected chi connectivity index (χ3v) is 3.43. The van der Waals surface area contributed by atoms with Crippen LogP contribution >= 0.6 is 0 Å². The van der Waals surface area contributed by atoms with E-state index in [-0.39, 0.29) is 11.9 Å². The molecule has 2 rings (SSSR count). The molecule has 2 aromatic carbocycles. The van der Waals surface area contributed by atoms with E-state index in [0.717, 1.165) is 23.4 Å². The quantitative estimate of drug-likeness (QED) is 0.851. The third-order valence-electron chi connectivity index (χ3n) is 3.43. The van der Waals surface area contributed by atoms with Crippen molar-refractivity contribution in [1.82, 2.24) is 5.32 Å². The van der Waals surface area contributed by atoms with Gasteiger partial charge >= 0.3 is 0 Å². The molecule has 0 spiro atoms. The van der Waals surface area contributed by atoms with Crippen molar-refractivity contribution in [2.24, 2.45) is 0 Å². The Labute approximate surface area is 126 Å². The molecule has 1 unspecified atom stereocenters. The molecule has 0 radical (unpaired) electrons. The second-order valence-electron chi connectivity index (χ2n) is 5.24. The van der Waals surface area contributed by atoms with Crippen LogP contribution in [0.25, 0.3) is 0 Å². The molecular formula is C18H22FNO. The zero-order valence-corrected chi connectivity index (χ0v) is 12.8. The molecule has 0 aliphatic carbocycles. The summed E-state index contributed by atoms with van der Waals surface area (Å²) in [6.45, 7) is 7.41. The number of halogens is 1. The highest BCUT2D eigenvalue weighted by molar-refractivity contribution is 5.36. The Hall–Kier alpha value is -1.87. The molecule has 0 saturated heterocycles. The summed E-state index contributed by atoms with van der Waals surface area (Å²) in [5.74, 6) is 0.490. The molecule has 0 aliphatic rings. The fourth-order valence-corrected chi connectivity index (χ4v) is 2.37. The van der Waals surface area contributed by atoms with Gasteiger partial charge in [-0.15, -0.1) is 0 Å². The van der Waals surface area contributed by atoms with Gasteiger partial charge in [0.15, 0.2) is 0 Å². The number of ether oxygens (including phenoxy) is 1. The minimum absolute atomic E-state index is 0.0539. The van der Waals surface area contributed by atoms with E-state index >= 15 is 0 Å². The minimum Gasteiger partial charge on any atom is -0.489 e. The molecule has 0 heterocycles. The van der Waals surface area contributed by atoms with E-state index in [0.29, 0.717) is 6.61 Å². The lowest BCUT2D eigenvalue weighted by Crippen LogP contribution is -2.18. The fourth-order valence-electron chi connectivity index (χ4n) is 2.37. The van der Waals surface area contributed by atoms with Gasteiger partial charge in [-0.3, -0.25) is 0 Å². The molecule has 112 valence electrons. The van der Waals surface area contributed by atoms with Gasteiger partial charge in [0.05, 0.1) is 0 Å². The maximum Gasteiger partial charge on any atom is 0.124 e. The molecule has 0 saturated carbocycles. The Morgan fingerprint density at radius 1 is 1.19 bits per heavy atom. The highest BCUT2D eigenvalue weighted by atomic mass is 19.1. The van der Waals surface area contributed by atoms with Crippen LogP contribution in [0.2, 0.25) is 0 Å². The number of aryl methyl sites for hydroxylation is 1. The maximum atomic E-state index is 13.5. The summed E-state index contributed by atoms with van der Waals surface area (Å²) in [6.07, 6.45) is 0. The number of rotatable bonds is 6. The second-order valence-corrected chi connectivity index (χ2v) is 5.24. The highest BCUT2D eigenvalue weighted by Gasteiger charge is 2.12. The van der Waals surface area contributed by atoms with Crippen molar-refractivity contribution in [2.45, 2.75) is 33.4 Å². The van der Waals surface area contributed by atoms with Crippen molar-refractivity contribution in [3.8, 4) is 5.75 Å². The average Bonchev–Trinajstić information content (AvgIpc) is 2.46. The highest BCUT2D eigenvalue weighted by Crippen LogP contribution is 2.27. The first kappa shape index (κ1) is 15.5. The van der Waals surface area contributed by atoms with Crippen LogP contribution in [-0.4, -0.2) is 6.54 Å². The van der Waals surface area contributed by atoms with E-state index in [4.69, 9.17) is 4.74 Å². The van der Waals surface area contributed by atoms with Crippen LogP contribution in [-0.2, 0) is 6.61 Å². The van der Waals surface area contributed by atoms with Crippen LogP contribution in [0.1, 0.15) is 36.6 Å². The SMILES string of the molecule is CCNC(C)c1cc(F)ccc1OCc1cccc(C)c1. The number of hydrogen-bond donors (Lipinski definition) is 1. The van der Waals surface area contributed by atoms with E-state index in [1.807, 2.05) is 26.0 Å².